The van der Waals surface area contributed by atoms with Crippen LogP contribution in [0.2, 0.25) is 0 Å². The molecule has 0 spiro atoms. The van der Waals surface area contributed by atoms with Gasteiger partial charge in [0.25, 0.3) is 0 Å². The van der Waals surface area contributed by atoms with Gasteiger partial charge < -0.3 is 16.0 Å². The van der Waals surface area contributed by atoms with Crippen molar-refractivity contribution >= 4 is 11.7 Å². The van der Waals surface area contributed by atoms with E-state index in [0.29, 0.717) is 6.54 Å². The van der Waals surface area contributed by atoms with Crippen molar-refractivity contribution in [3.8, 4) is 11.1 Å². The molecule has 0 unspecified atom stereocenters. The zero-order valence-electron chi connectivity index (χ0n) is 11.8. The summed E-state index contributed by atoms with van der Waals surface area (Å²) < 4.78 is 0. The van der Waals surface area contributed by atoms with Crippen molar-refractivity contribution in [1.82, 2.24) is 4.90 Å². The molecule has 1 fully saturated rings. The van der Waals surface area contributed by atoms with Gasteiger partial charge in [-0.05, 0) is 29.7 Å². The summed E-state index contributed by atoms with van der Waals surface area (Å²) in [5.41, 5.74) is 8.87. The van der Waals surface area contributed by atoms with Crippen molar-refractivity contribution in [2.45, 2.75) is 12.5 Å². The third-order valence-electron chi connectivity index (χ3n) is 3.73. The van der Waals surface area contributed by atoms with Crippen molar-refractivity contribution < 1.29 is 4.79 Å². The number of anilines is 1. The van der Waals surface area contributed by atoms with Gasteiger partial charge in [-0.3, -0.25) is 0 Å². The van der Waals surface area contributed by atoms with Crippen LogP contribution < -0.4 is 11.1 Å². The molecule has 0 aliphatic carbocycles. The van der Waals surface area contributed by atoms with Crippen molar-refractivity contribution in [2.24, 2.45) is 5.73 Å². The fourth-order valence-electron chi connectivity index (χ4n) is 2.58. The van der Waals surface area contributed by atoms with Gasteiger partial charge in [0.15, 0.2) is 0 Å². The molecule has 4 nitrogen and oxygen atoms in total. The minimum Gasteiger partial charge on any atom is -0.326 e. The second-order valence-electron chi connectivity index (χ2n) is 5.37. The van der Waals surface area contributed by atoms with E-state index in [-0.39, 0.29) is 12.1 Å². The van der Waals surface area contributed by atoms with Crippen LogP contribution in [0.4, 0.5) is 10.5 Å². The van der Waals surface area contributed by atoms with Crippen molar-refractivity contribution in [3.05, 3.63) is 54.6 Å². The predicted octanol–water partition coefficient (Wildman–Crippen LogP) is 2.92. The lowest BCUT2D eigenvalue weighted by atomic mass is 10.1. The molecule has 2 amide bonds. The first-order valence-corrected chi connectivity index (χ1v) is 7.19. The van der Waals surface area contributed by atoms with Crippen LogP contribution in [-0.2, 0) is 0 Å². The smallest absolute Gasteiger partial charge is 0.321 e. The summed E-state index contributed by atoms with van der Waals surface area (Å²) in [6.07, 6.45) is 0.872. The number of hydrogen-bond acceptors (Lipinski definition) is 2. The number of rotatable bonds is 2. The molecule has 0 saturated carbocycles. The largest absolute Gasteiger partial charge is 0.326 e. The number of likely N-dealkylation sites (tertiary alicyclic amines) is 1. The summed E-state index contributed by atoms with van der Waals surface area (Å²) in [6.45, 7) is 1.36. The lowest BCUT2D eigenvalue weighted by Gasteiger charge is -2.17. The van der Waals surface area contributed by atoms with Crippen LogP contribution in [-0.4, -0.2) is 30.1 Å². The summed E-state index contributed by atoms with van der Waals surface area (Å²) in [5.74, 6) is 0. The standard InChI is InChI=1S/C17H19N3O/c18-15-9-10-20(12-15)17(21)19-16-8-4-7-14(11-16)13-5-2-1-3-6-13/h1-8,11,15H,9-10,12,18H2,(H,19,21)/t15-/m1/s1. The number of nitrogens with one attached hydrogen (secondary N) is 1. The molecule has 1 aliphatic rings. The SMILES string of the molecule is N[C@@H]1CCN(C(=O)Nc2cccc(-c3ccccc3)c2)C1. The van der Waals surface area contributed by atoms with E-state index in [1.807, 2.05) is 42.5 Å². The highest BCUT2D eigenvalue weighted by Gasteiger charge is 2.23. The van der Waals surface area contributed by atoms with E-state index in [2.05, 4.69) is 17.4 Å². The van der Waals surface area contributed by atoms with Gasteiger partial charge in [-0.15, -0.1) is 0 Å². The maximum Gasteiger partial charge on any atom is 0.321 e. The summed E-state index contributed by atoms with van der Waals surface area (Å²) in [5, 5.41) is 2.95. The Kier molecular flexibility index (Phi) is 3.88. The van der Waals surface area contributed by atoms with Gasteiger partial charge in [0.1, 0.15) is 0 Å². The van der Waals surface area contributed by atoms with Gasteiger partial charge in [0.2, 0.25) is 0 Å². The highest BCUT2D eigenvalue weighted by molar-refractivity contribution is 5.90. The topological polar surface area (TPSA) is 58.4 Å². The number of amides is 2. The number of urea groups is 1. The van der Waals surface area contributed by atoms with Crippen LogP contribution in [0.3, 0.4) is 0 Å². The van der Waals surface area contributed by atoms with E-state index in [4.69, 9.17) is 5.73 Å². The highest BCUT2D eigenvalue weighted by Crippen LogP contribution is 2.22. The third kappa shape index (κ3) is 3.23. The fourth-order valence-corrected chi connectivity index (χ4v) is 2.58. The first-order chi connectivity index (χ1) is 10.2. The Morgan fingerprint density at radius 1 is 1.10 bits per heavy atom. The molecule has 4 heteroatoms. The number of hydrogen-bond donors (Lipinski definition) is 2. The van der Waals surface area contributed by atoms with Gasteiger partial charge in [0, 0.05) is 24.8 Å². The van der Waals surface area contributed by atoms with Gasteiger partial charge in [0.05, 0.1) is 0 Å². The van der Waals surface area contributed by atoms with Gasteiger partial charge in [-0.1, -0.05) is 42.5 Å². The van der Waals surface area contributed by atoms with E-state index >= 15 is 0 Å². The molecular formula is C17H19N3O. The molecule has 3 N–H and O–H groups in total. The Labute approximate surface area is 124 Å². The maximum atomic E-state index is 12.2. The molecule has 2 aromatic rings. The number of nitrogens with two attached hydrogens (primary N) is 1. The average molecular weight is 281 g/mol. The van der Waals surface area contributed by atoms with E-state index in [1.54, 1.807) is 4.90 Å². The molecule has 0 aromatic heterocycles. The fraction of sp³-hybridized carbons (Fsp3) is 0.235. The van der Waals surface area contributed by atoms with Gasteiger partial charge in [-0.25, -0.2) is 4.79 Å². The molecule has 2 aromatic carbocycles. The zero-order chi connectivity index (χ0) is 14.7. The summed E-state index contributed by atoms with van der Waals surface area (Å²) in [4.78, 5) is 13.9. The van der Waals surface area contributed by atoms with Gasteiger partial charge in [-0.2, -0.15) is 0 Å². The molecule has 1 aliphatic heterocycles. The van der Waals surface area contributed by atoms with E-state index in [9.17, 15) is 4.79 Å². The lowest BCUT2D eigenvalue weighted by molar-refractivity contribution is 0.222. The van der Waals surface area contributed by atoms with E-state index in [0.717, 1.165) is 29.8 Å². The molecule has 21 heavy (non-hydrogen) atoms. The second-order valence-corrected chi connectivity index (χ2v) is 5.37. The van der Waals surface area contributed by atoms with Crippen LogP contribution >= 0.6 is 0 Å². The normalized spacial score (nSPS) is 17.8. The monoisotopic (exact) mass is 281 g/mol. The van der Waals surface area contributed by atoms with Crippen LogP contribution in [0.25, 0.3) is 11.1 Å². The number of carbonyl (C=O) groups is 1. The minimum absolute atomic E-state index is 0.0758. The lowest BCUT2D eigenvalue weighted by Crippen LogP contribution is -2.35. The summed E-state index contributed by atoms with van der Waals surface area (Å²) in [6, 6.07) is 18.0. The maximum absolute atomic E-state index is 12.2. The quantitative estimate of drug-likeness (QED) is 0.889. The molecule has 1 saturated heterocycles. The summed E-state index contributed by atoms with van der Waals surface area (Å²) >= 11 is 0. The van der Waals surface area contributed by atoms with Crippen molar-refractivity contribution in [3.63, 3.8) is 0 Å². The van der Waals surface area contributed by atoms with Crippen LogP contribution in [0.1, 0.15) is 6.42 Å². The van der Waals surface area contributed by atoms with Crippen LogP contribution in [0.15, 0.2) is 54.6 Å². The predicted molar refractivity (Wildman–Crippen MR) is 85.1 cm³/mol. The Hall–Kier alpha value is -2.33. The second kappa shape index (κ2) is 5.97. The van der Waals surface area contributed by atoms with Crippen LogP contribution in [0, 0.1) is 0 Å². The average Bonchev–Trinajstić information content (AvgIpc) is 2.95. The molecule has 3 rings (SSSR count). The van der Waals surface area contributed by atoms with Crippen LogP contribution in [0.5, 0.6) is 0 Å². The Morgan fingerprint density at radius 2 is 1.86 bits per heavy atom. The van der Waals surface area contributed by atoms with E-state index < -0.39 is 0 Å². The number of benzene rings is 2. The molecule has 1 atom stereocenters. The first-order valence-electron chi connectivity index (χ1n) is 7.19. The number of carbonyl (C=O) groups excluding carboxylic acids is 1. The molecule has 108 valence electrons. The molecule has 0 bridgehead atoms. The molecule has 1 heterocycles. The first kappa shape index (κ1) is 13.6. The van der Waals surface area contributed by atoms with Gasteiger partial charge >= 0.3 is 6.03 Å². The Morgan fingerprint density at radius 3 is 2.57 bits per heavy atom. The minimum atomic E-state index is -0.0758. The highest BCUT2D eigenvalue weighted by atomic mass is 16.2. The Balaban J connectivity index is 1.73. The molecular weight excluding hydrogens is 262 g/mol. The van der Waals surface area contributed by atoms with Crippen molar-refractivity contribution in [1.29, 1.82) is 0 Å². The molecule has 0 radical (unpaired) electrons. The Bertz CT molecular complexity index is 627. The van der Waals surface area contributed by atoms with E-state index in [1.165, 1.54) is 0 Å². The third-order valence-corrected chi connectivity index (χ3v) is 3.73. The summed E-state index contributed by atoms with van der Waals surface area (Å²) in [7, 11) is 0. The van der Waals surface area contributed by atoms with Crippen molar-refractivity contribution in [2.75, 3.05) is 18.4 Å². The zero-order valence-corrected chi connectivity index (χ0v) is 11.8. The number of nitrogens with zero attached hydrogens (tertiary/aromatic N) is 1.